The van der Waals surface area contributed by atoms with Crippen molar-refractivity contribution in [3.8, 4) is 11.3 Å². The van der Waals surface area contributed by atoms with E-state index in [9.17, 15) is 13.2 Å². The quantitative estimate of drug-likeness (QED) is 0.375. The van der Waals surface area contributed by atoms with Crippen LogP contribution in [0.5, 0.6) is 0 Å². The maximum atomic E-state index is 12.7. The molecule has 0 amide bonds. The highest BCUT2D eigenvalue weighted by atomic mass is 32.2. The third-order valence-electron chi connectivity index (χ3n) is 6.49. The van der Waals surface area contributed by atoms with Gasteiger partial charge in [0.25, 0.3) is 5.56 Å². The molecule has 9 heteroatoms. The van der Waals surface area contributed by atoms with E-state index in [1.54, 1.807) is 37.5 Å². The van der Waals surface area contributed by atoms with Gasteiger partial charge in [0, 0.05) is 29.8 Å². The predicted octanol–water partition coefficient (Wildman–Crippen LogP) is 3.99. The number of pyridine rings is 3. The first kappa shape index (κ1) is 23.2. The van der Waals surface area contributed by atoms with E-state index in [2.05, 4.69) is 32.7 Å². The third-order valence-corrected chi connectivity index (χ3v) is 8.19. The number of aromatic amines is 1. The standard InChI is InChI=1S/C26H27N5O3S/c1-2-35(33,34)22-13-20(15-28-16-22)23-14-19-9-12-29-26(32)24(19)25(31-23)30-21-5-3-17(4-6-21)18-7-10-27-11-8-18/h3-6,9,12-16,18,27H,2,7-8,10-11H2,1H3,(H,29,32)(H,30,31). The molecule has 0 radical (unpaired) electrons. The second-order valence-corrected chi connectivity index (χ2v) is 11.0. The van der Waals surface area contributed by atoms with Gasteiger partial charge < -0.3 is 15.6 Å². The van der Waals surface area contributed by atoms with E-state index in [1.807, 2.05) is 12.1 Å². The van der Waals surface area contributed by atoms with Crippen molar-refractivity contribution in [3.05, 3.63) is 77.0 Å². The van der Waals surface area contributed by atoms with Crippen molar-refractivity contribution in [2.24, 2.45) is 0 Å². The summed E-state index contributed by atoms with van der Waals surface area (Å²) in [6, 6.07) is 13.4. The Labute approximate surface area is 203 Å². The minimum atomic E-state index is -3.41. The average Bonchev–Trinajstić information content (AvgIpc) is 2.89. The van der Waals surface area contributed by atoms with E-state index in [4.69, 9.17) is 4.98 Å². The number of aromatic nitrogens is 3. The Balaban J connectivity index is 1.54. The molecule has 0 spiro atoms. The molecular formula is C26H27N5O3S. The lowest BCUT2D eigenvalue weighted by Gasteiger charge is -2.23. The van der Waals surface area contributed by atoms with Crippen molar-refractivity contribution in [3.63, 3.8) is 0 Å². The molecule has 0 aliphatic carbocycles. The summed E-state index contributed by atoms with van der Waals surface area (Å²) in [5.74, 6) is 0.936. The number of piperidine rings is 1. The predicted molar refractivity (Wildman–Crippen MR) is 138 cm³/mol. The molecule has 1 aliphatic rings. The van der Waals surface area contributed by atoms with E-state index in [-0.39, 0.29) is 16.2 Å². The third kappa shape index (κ3) is 4.82. The van der Waals surface area contributed by atoms with Gasteiger partial charge in [0.2, 0.25) is 0 Å². The fraction of sp³-hybridized carbons (Fsp3) is 0.269. The summed E-state index contributed by atoms with van der Waals surface area (Å²) in [5, 5.41) is 7.82. The molecule has 1 fully saturated rings. The molecule has 0 atom stereocenters. The van der Waals surface area contributed by atoms with Crippen LogP contribution in [0.25, 0.3) is 22.0 Å². The van der Waals surface area contributed by atoms with Crippen molar-refractivity contribution >= 4 is 32.1 Å². The number of hydrogen-bond donors (Lipinski definition) is 3. The maximum Gasteiger partial charge on any atom is 0.259 e. The minimum Gasteiger partial charge on any atom is -0.340 e. The first-order chi connectivity index (χ1) is 16.9. The van der Waals surface area contributed by atoms with Crippen LogP contribution in [-0.2, 0) is 9.84 Å². The topological polar surface area (TPSA) is 117 Å². The molecular weight excluding hydrogens is 462 g/mol. The highest BCUT2D eigenvalue weighted by Crippen LogP contribution is 2.30. The van der Waals surface area contributed by atoms with Crippen LogP contribution in [0.3, 0.4) is 0 Å². The van der Waals surface area contributed by atoms with Gasteiger partial charge >= 0.3 is 0 Å². The Morgan fingerprint density at radius 2 is 1.83 bits per heavy atom. The lowest BCUT2D eigenvalue weighted by Crippen LogP contribution is -2.26. The van der Waals surface area contributed by atoms with Crippen LogP contribution in [-0.4, -0.2) is 42.2 Å². The summed E-state index contributed by atoms with van der Waals surface area (Å²) in [6.45, 7) is 3.67. The Kier molecular flexibility index (Phi) is 6.36. The number of nitrogens with zero attached hydrogens (tertiary/aromatic N) is 2. The van der Waals surface area contributed by atoms with Gasteiger partial charge in [-0.05, 0) is 73.1 Å². The minimum absolute atomic E-state index is 0.0151. The monoisotopic (exact) mass is 489 g/mol. The zero-order valence-corrected chi connectivity index (χ0v) is 20.2. The number of anilines is 2. The van der Waals surface area contributed by atoms with Gasteiger partial charge in [-0.3, -0.25) is 9.78 Å². The second-order valence-electron chi connectivity index (χ2n) is 8.71. The Hall–Kier alpha value is -3.56. The first-order valence-corrected chi connectivity index (χ1v) is 13.4. The highest BCUT2D eigenvalue weighted by molar-refractivity contribution is 7.91. The van der Waals surface area contributed by atoms with Gasteiger partial charge in [0.15, 0.2) is 9.84 Å². The summed E-state index contributed by atoms with van der Waals surface area (Å²) >= 11 is 0. The first-order valence-electron chi connectivity index (χ1n) is 11.7. The van der Waals surface area contributed by atoms with Crippen molar-refractivity contribution < 1.29 is 8.42 Å². The second kappa shape index (κ2) is 9.59. The SMILES string of the molecule is CCS(=O)(=O)c1cncc(-c2cc3cc[nH]c(=O)c3c(Nc3ccc(C4CCNCC4)cc3)n2)c1. The molecule has 0 bridgehead atoms. The largest absolute Gasteiger partial charge is 0.340 e. The van der Waals surface area contributed by atoms with E-state index >= 15 is 0 Å². The lowest BCUT2D eigenvalue weighted by atomic mass is 9.90. The molecule has 1 aromatic carbocycles. The normalized spacial score (nSPS) is 14.8. The van der Waals surface area contributed by atoms with Crippen LogP contribution in [0.15, 0.2) is 70.7 Å². The Bertz CT molecular complexity index is 1530. The molecule has 1 saturated heterocycles. The molecule has 1 aliphatic heterocycles. The summed E-state index contributed by atoms with van der Waals surface area (Å²) in [6.07, 6.45) is 6.75. The molecule has 8 nitrogen and oxygen atoms in total. The van der Waals surface area contributed by atoms with Crippen LogP contribution in [0, 0.1) is 0 Å². The van der Waals surface area contributed by atoms with Crippen LogP contribution in [0.2, 0.25) is 0 Å². The van der Waals surface area contributed by atoms with Crippen molar-refractivity contribution in [1.82, 2.24) is 20.3 Å². The molecule has 4 heterocycles. The van der Waals surface area contributed by atoms with Crippen molar-refractivity contribution in [2.45, 2.75) is 30.6 Å². The fourth-order valence-corrected chi connectivity index (χ4v) is 5.34. The van der Waals surface area contributed by atoms with Gasteiger partial charge in [-0.2, -0.15) is 0 Å². The number of benzene rings is 1. The number of nitrogens with one attached hydrogen (secondary N) is 3. The number of H-pyrrole nitrogens is 1. The molecule has 0 saturated carbocycles. The number of rotatable bonds is 6. The average molecular weight is 490 g/mol. The van der Waals surface area contributed by atoms with Gasteiger partial charge in [-0.1, -0.05) is 19.1 Å². The molecule has 0 unspecified atom stereocenters. The molecule has 4 aromatic rings. The zero-order valence-electron chi connectivity index (χ0n) is 19.4. The number of hydrogen-bond acceptors (Lipinski definition) is 7. The van der Waals surface area contributed by atoms with E-state index < -0.39 is 9.84 Å². The van der Waals surface area contributed by atoms with Gasteiger partial charge in [0.05, 0.1) is 21.7 Å². The van der Waals surface area contributed by atoms with E-state index in [0.717, 1.165) is 31.6 Å². The molecule has 3 aromatic heterocycles. The fourth-order valence-electron chi connectivity index (χ4n) is 4.48. The lowest BCUT2D eigenvalue weighted by molar-refractivity contribution is 0.460. The zero-order chi connectivity index (χ0) is 24.4. The number of fused-ring (bicyclic) bond motifs is 1. The summed E-state index contributed by atoms with van der Waals surface area (Å²) in [4.78, 5) is 24.4. The van der Waals surface area contributed by atoms with Gasteiger partial charge in [-0.25, -0.2) is 13.4 Å². The summed E-state index contributed by atoms with van der Waals surface area (Å²) in [5.41, 5.74) is 2.96. The van der Waals surface area contributed by atoms with Crippen molar-refractivity contribution in [2.75, 3.05) is 24.2 Å². The van der Waals surface area contributed by atoms with Gasteiger partial charge in [0.1, 0.15) is 5.82 Å². The molecule has 180 valence electrons. The molecule has 3 N–H and O–H groups in total. The Morgan fingerprint density at radius 1 is 1.06 bits per heavy atom. The number of sulfone groups is 1. The highest BCUT2D eigenvalue weighted by Gasteiger charge is 2.17. The van der Waals surface area contributed by atoms with Gasteiger partial charge in [-0.15, -0.1) is 0 Å². The molecule has 5 rings (SSSR count). The Morgan fingerprint density at radius 3 is 2.57 bits per heavy atom. The van der Waals surface area contributed by atoms with Crippen LogP contribution in [0.4, 0.5) is 11.5 Å². The van der Waals surface area contributed by atoms with Crippen molar-refractivity contribution in [1.29, 1.82) is 0 Å². The molecule has 35 heavy (non-hydrogen) atoms. The summed E-state index contributed by atoms with van der Waals surface area (Å²) < 4.78 is 24.7. The maximum absolute atomic E-state index is 12.7. The van der Waals surface area contributed by atoms with Crippen LogP contribution < -0.4 is 16.2 Å². The van der Waals surface area contributed by atoms with Crippen LogP contribution >= 0.6 is 0 Å². The van der Waals surface area contributed by atoms with Crippen LogP contribution in [0.1, 0.15) is 31.2 Å². The van der Waals surface area contributed by atoms with E-state index in [0.29, 0.717) is 33.8 Å². The smallest absolute Gasteiger partial charge is 0.259 e. The summed E-state index contributed by atoms with van der Waals surface area (Å²) in [7, 11) is -3.41. The van der Waals surface area contributed by atoms with E-state index in [1.165, 1.54) is 11.8 Å².